The fraction of sp³-hybridized carbons (Fsp3) is 0.308. The highest BCUT2D eigenvalue weighted by atomic mass is 19.3. The lowest BCUT2D eigenvalue weighted by Gasteiger charge is -2.17. The van der Waals surface area contributed by atoms with Crippen LogP contribution in [-0.4, -0.2) is 27.2 Å². The molecule has 5 nitrogen and oxygen atoms in total. The molecule has 7 heteroatoms. The van der Waals surface area contributed by atoms with E-state index in [1.807, 2.05) is 12.1 Å². The van der Waals surface area contributed by atoms with E-state index in [4.69, 9.17) is 10.1 Å². The summed E-state index contributed by atoms with van der Waals surface area (Å²) in [5.74, 6) is 2.10. The van der Waals surface area contributed by atoms with Crippen LogP contribution < -0.4 is 4.74 Å². The summed E-state index contributed by atoms with van der Waals surface area (Å²) < 4.78 is 32.8. The van der Waals surface area contributed by atoms with Crippen molar-refractivity contribution in [2.24, 2.45) is 5.92 Å². The number of hydrogen-bond acceptors (Lipinski definition) is 4. The molecule has 1 radical (unpaired) electrons. The zero-order chi connectivity index (χ0) is 23.0. The van der Waals surface area contributed by atoms with Crippen LogP contribution in [0.1, 0.15) is 48.8 Å². The summed E-state index contributed by atoms with van der Waals surface area (Å²) in [6.07, 6.45) is 5.13. The number of ether oxygens (including phenoxy) is 1. The third-order valence-corrected chi connectivity index (χ3v) is 6.14. The molecule has 0 aliphatic heterocycles. The molecule has 1 aromatic heterocycles. The van der Waals surface area contributed by atoms with Crippen molar-refractivity contribution in [2.75, 3.05) is 0 Å². The number of carbonyl (C=O) groups excluding carboxylic acids is 1. The van der Waals surface area contributed by atoms with Gasteiger partial charge in [0, 0.05) is 30.9 Å². The van der Waals surface area contributed by atoms with Crippen molar-refractivity contribution in [1.82, 2.24) is 14.8 Å². The highest BCUT2D eigenvalue weighted by Gasteiger charge is 2.30. The van der Waals surface area contributed by atoms with Crippen molar-refractivity contribution in [1.29, 1.82) is 0 Å². The van der Waals surface area contributed by atoms with Crippen LogP contribution in [-0.2, 0) is 6.42 Å². The number of hydrogen-bond donors (Lipinski definition) is 0. The van der Waals surface area contributed by atoms with Crippen molar-refractivity contribution in [3.63, 3.8) is 0 Å². The topological polar surface area (TPSA) is 57.0 Å². The van der Waals surface area contributed by atoms with Gasteiger partial charge in [0.05, 0.1) is 5.69 Å². The number of halogens is 2. The Kier molecular flexibility index (Phi) is 5.56. The van der Waals surface area contributed by atoms with Gasteiger partial charge in [-0.3, -0.25) is 4.79 Å². The van der Waals surface area contributed by atoms with Crippen molar-refractivity contribution in [3.8, 4) is 22.8 Å². The molecule has 1 heterocycles. The lowest BCUT2D eigenvalue weighted by Crippen LogP contribution is -2.19. The summed E-state index contributed by atoms with van der Waals surface area (Å²) in [7, 11) is 0. The fourth-order valence-electron chi connectivity index (χ4n) is 4.36. The van der Waals surface area contributed by atoms with E-state index >= 15 is 0 Å². The highest BCUT2D eigenvalue weighted by Crippen LogP contribution is 2.45. The van der Waals surface area contributed by atoms with Crippen LogP contribution in [0.5, 0.6) is 5.75 Å². The highest BCUT2D eigenvalue weighted by molar-refractivity contribution is 5.76. The Labute approximate surface area is 191 Å². The largest absolute Gasteiger partial charge is 0.433 e. The molecule has 1 unspecified atom stereocenters. The summed E-state index contributed by atoms with van der Waals surface area (Å²) in [6.45, 7) is 0.711. The first-order valence-electron chi connectivity index (χ1n) is 11.1. The average molecular weight is 448 g/mol. The molecule has 0 spiro atoms. The zero-order valence-corrected chi connectivity index (χ0v) is 18.3. The molecule has 3 aromatic rings. The van der Waals surface area contributed by atoms with Gasteiger partial charge in [-0.2, -0.15) is 8.78 Å². The normalized spacial score (nSPS) is 17.6. The molecule has 33 heavy (non-hydrogen) atoms. The summed E-state index contributed by atoms with van der Waals surface area (Å²) in [5.41, 5.74) is 5.18. The van der Waals surface area contributed by atoms with Crippen LogP contribution >= 0.6 is 0 Å². The number of benzene rings is 2. The van der Waals surface area contributed by atoms with E-state index in [-0.39, 0.29) is 5.75 Å². The Morgan fingerprint density at radius 3 is 2.55 bits per heavy atom. The van der Waals surface area contributed by atoms with Crippen LogP contribution in [0.3, 0.4) is 0 Å². The smallest absolute Gasteiger partial charge is 0.394 e. The van der Waals surface area contributed by atoms with Gasteiger partial charge in [0.1, 0.15) is 17.9 Å². The monoisotopic (exact) mass is 448 g/mol. The molecule has 0 bridgehead atoms. The number of allylic oxidation sites excluding steroid dienone is 2. The first-order chi connectivity index (χ1) is 15.9. The van der Waals surface area contributed by atoms with Crippen LogP contribution in [0.4, 0.5) is 8.78 Å². The summed E-state index contributed by atoms with van der Waals surface area (Å²) >= 11 is 0. The molecule has 2 aliphatic carbocycles. The predicted octanol–water partition coefficient (Wildman–Crippen LogP) is 5.99. The molecule has 1 atom stereocenters. The van der Waals surface area contributed by atoms with E-state index in [2.05, 4.69) is 11.2 Å². The van der Waals surface area contributed by atoms with E-state index < -0.39 is 6.11 Å². The third kappa shape index (κ3) is 5.02. The molecule has 0 fully saturated rings. The van der Waals surface area contributed by atoms with Gasteiger partial charge in [0.2, 0.25) is 0 Å². The number of aldehydes is 1. The first-order valence-corrected chi connectivity index (χ1v) is 11.1. The standard InChI is InChI=1S/C26H24F2N3O2/c1-26(27,28)33-23-11-9-22(10-12-23)31-24(13-5-17-2-8-20-15-21(20)14-17)29-25(30-31)19-6-3-18(16-32)4-7-19/h3-4,6-7,9-12,15-17H,2,5,8,13-14H2,1H3. The van der Waals surface area contributed by atoms with Gasteiger partial charge in [-0.1, -0.05) is 35.4 Å². The number of carbonyl (C=O) groups is 1. The van der Waals surface area contributed by atoms with Gasteiger partial charge in [-0.25, -0.2) is 9.67 Å². The lowest BCUT2D eigenvalue weighted by atomic mass is 9.90. The Balaban J connectivity index is 1.41. The maximum atomic E-state index is 13.2. The second-order valence-electron chi connectivity index (χ2n) is 8.75. The van der Waals surface area contributed by atoms with Crippen LogP contribution in [0.2, 0.25) is 0 Å². The average Bonchev–Trinajstić information content (AvgIpc) is 3.46. The van der Waals surface area contributed by atoms with E-state index in [9.17, 15) is 13.6 Å². The van der Waals surface area contributed by atoms with E-state index in [1.54, 1.807) is 28.9 Å². The molecule has 2 aromatic carbocycles. The van der Waals surface area contributed by atoms with Crippen molar-refractivity contribution in [3.05, 3.63) is 77.5 Å². The minimum absolute atomic E-state index is 0.0876. The van der Waals surface area contributed by atoms with Crippen molar-refractivity contribution < 1.29 is 18.3 Å². The zero-order valence-electron chi connectivity index (χ0n) is 18.3. The lowest BCUT2D eigenvalue weighted by molar-refractivity contribution is -0.158. The van der Waals surface area contributed by atoms with Crippen molar-refractivity contribution >= 4 is 6.29 Å². The summed E-state index contributed by atoms with van der Waals surface area (Å²) in [4.78, 5) is 15.8. The molecule has 0 saturated heterocycles. The van der Waals surface area contributed by atoms with Gasteiger partial charge in [-0.05, 0) is 55.9 Å². The summed E-state index contributed by atoms with van der Waals surface area (Å²) in [5, 5.41) is 4.71. The number of aromatic nitrogens is 3. The molecular formula is C26H24F2N3O2. The van der Waals surface area contributed by atoms with Crippen LogP contribution in [0, 0.1) is 12.3 Å². The van der Waals surface area contributed by atoms with Gasteiger partial charge >= 0.3 is 6.11 Å². The predicted molar refractivity (Wildman–Crippen MR) is 120 cm³/mol. The first kappa shape index (κ1) is 21.5. The minimum atomic E-state index is -3.24. The number of alkyl halides is 2. The maximum absolute atomic E-state index is 13.2. The second-order valence-corrected chi connectivity index (χ2v) is 8.75. The number of aryl methyl sites for hydroxylation is 1. The third-order valence-electron chi connectivity index (χ3n) is 6.14. The number of nitrogens with zero attached hydrogens (tertiary/aromatic N) is 3. The van der Waals surface area contributed by atoms with Gasteiger partial charge < -0.3 is 4.74 Å². The minimum Gasteiger partial charge on any atom is -0.433 e. The Morgan fingerprint density at radius 1 is 1.12 bits per heavy atom. The van der Waals surface area contributed by atoms with Crippen LogP contribution in [0.15, 0.2) is 59.7 Å². The molecule has 0 N–H and O–H groups in total. The van der Waals surface area contributed by atoms with Crippen molar-refractivity contribution in [2.45, 2.75) is 45.1 Å². The Bertz CT molecular complexity index is 1190. The molecule has 0 saturated carbocycles. The van der Waals surface area contributed by atoms with E-state index in [0.717, 1.165) is 42.6 Å². The Hall–Kier alpha value is -3.35. The quantitative estimate of drug-likeness (QED) is 0.398. The van der Waals surface area contributed by atoms with Gasteiger partial charge in [0.25, 0.3) is 0 Å². The number of rotatable bonds is 8. The van der Waals surface area contributed by atoms with E-state index in [1.165, 1.54) is 36.1 Å². The second kappa shape index (κ2) is 8.54. The Morgan fingerprint density at radius 2 is 1.88 bits per heavy atom. The molecule has 169 valence electrons. The molecule has 2 aliphatic rings. The molecule has 5 rings (SSSR count). The summed E-state index contributed by atoms with van der Waals surface area (Å²) in [6, 6.07) is 13.5. The van der Waals surface area contributed by atoms with Gasteiger partial charge in [0.15, 0.2) is 5.82 Å². The maximum Gasteiger partial charge on any atom is 0.394 e. The van der Waals surface area contributed by atoms with E-state index in [0.29, 0.717) is 24.2 Å². The van der Waals surface area contributed by atoms with Crippen LogP contribution in [0.25, 0.3) is 17.1 Å². The van der Waals surface area contributed by atoms with Gasteiger partial charge in [-0.15, -0.1) is 5.10 Å². The molecule has 0 amide bonds. The fourth-order valence-corrected chi connectivity index (χ4v) is 4.36. The SMILES string of the molecule is CC(F)(F)Oc1ccc(-n2nc(-c3ccc(C=O)cc3)nc2CCC2CCC3=C([CH]3)C2)cc1. The molecular weight excluding hydrogens is 424 g/mol.